The average molecular weight is 264 g/mol. The van der Waals surface area contributed by atoms with Crippen LogP contribution in [0.15, 0.2) is 12.2 Å². The van der Waals surface area contributed by atoms with Crippen molar-refractivity contribution < 1.29 is 4.79 Å². The number of nitrogens with one attached hydrogen (secondary N) is 2. The summed E-state index contributed by atoms with van der Waals surface area (Å²) >= 11 is 0. The number of hydrogen-bond donors (Lipinski definition) is 2. The Morgan fingerprint density at radius 1 is 1.42 bits per heavy atom. The quantitative estimate of drug-likeness (QED) is 0.749. The third kappa shape index (κ3) is 4.98. The van der Waals surface area contributed by atoms with E-state index in [2.05, 4.69) is 29.7 Å². The Bertz CT molecular complexity index is 308. The van der Waals surface area contributed by atoms with Gasteiger partial charge in [0.15, 0.2) is 0 Å². The molecule has 0 saturated carbocycles. The van der Waals surface area contributed by atoms with Crippen molar-refractivity contribution in [3.05, 3.63) is 12.2 Å². The van der Waals surface area contributed by atoms with Crippen molar-refractivity contribution in [2.45, 2.75) is 45.4 Å². The molecule has 1 heterocycles. The zero-order valence-corrected chi connectivity index (χ0v) is 12.2. The van der Waals surface area contributed by atoms with Crippen LogP contribution < -0.4 is 10.6 Å². The molecule has 3 nitrogen and oxygen atoms in total. The molecule has 0 aromatic carbocycles. The van der Waals surface area contributed by atoms with Gasteiger partial charge in [-0.25, -0.2) is 0 Å². The fourth-order valence-electron chi connectivity index (χ4n) is 3.20. The minimum atomic E-state index is 0.243. The van der Waals surface area contributed by atoms with Gasteiger partial charge in [-0.1, -0.05) is 19.1 Å². The molecule has 19 heavy (non-hydrogen) atoms. The van der Waals surface area contributed by atoms with Crippen molar-refractivity contribution in [3.63, 3.8) is 0 Å². The largest absolute Gasteiger partial charge is 0.356 e. The summed E-state index contributed by atoms with van der Waals surface area (Å²) in [5, 5.41) is 6.56. The van der Waals surface area contributed by atoms with Crippen molar-refractivity contribution >= 4 is 5.91 Å². The van der Waals surface area contributed by atoms with E-state index in [1.165, 1.54) is 25.7 Å². The van der Waals surface area contributed by atoms with Gasteiger partial charge in [0.1, 0.15) is 0 Å². The lowest BCUT2D eigenvalue weighted by molar-refractivity contribution is -0.122. The summed E-state index contributed by atoms with van der Waals surface area (Å²) < 4.78 is 0. The Hall–Kier alpha value is -0.830. The maximum absolute atomic E-state index is 12.0. The average Bonchev–Trinajstić information content (AvgIpc) is 2.47. The topological polar surface area (TPSA) is 41.1 Å². The summed E-state index contributed by atoms with van der Waals surface area (Å²) in [6, 6.07) is 0. The highest BCUT2D eigenvalue weighted by atomic mass is 16.1. The SMILES string of the molecule is CC(CC(=O)NCC1CC=CCC1)C1CCCNC1. The molecule has 3 unspecified atom stereocenters. The fraction of sp³-hybridized carbons (Fsp3) is 0.812. The molecule has 3 heteroatoms. The van der Waals surface area contributed by atoms with Crippen LogP contribution in [0.4, 0.5) is 0 Å². The maximum Gasteiger partial charge on any atom is 0.220 e. The standard InChI is InChI=1S/C16H28N2O/c1-13(15-8-5-9-17-12-15)10-16(19)18-11-14-6-3-2-4-7-14/h2-3,13-15,17H,4-12H2,1H3,(H,18,19). The third-order valence-electron chi connectivity index (χ3n) is 4.61. The number of allylic oxidation sites excluding steroid dienone is 2. The number of carbonyl (C=O) groups is 1. The molecule has 1 saturated heterocycles. The van der Waals surface area contributed by atoms with E-state index in [4.69, 9.17) is 0 Å². The Morgan fingerprint density at radius 2 is 2.32 bits per heavy atom. The first-order valence-electron chi connectivity index (χ1n) is 7.88. The van der Waals surface area contributed by atoms with Crippen LogP contribution in [0.2, 0.25) is 0 Å². The second-order valence-electron chi connectivity index (χ2n) is 6.24. The minimum Gasteiger partial charge on any atom is -0.356 e. The van der Waals surface area contributed by atoms with Gasteiger partial charge in [-0.3, -0.25) is 4.79 Å². The first-order valence-corrected chi connectivity index (χ1v) is 7.88. The number of amides is 1. The monoisotopic (exact) mass is 264 g/mol. The highest BCUT2D eigenvalue weighted by Gasteiger charge is 2.22. The van der Waals surface area contributed by atoms with E-state index in [-0.39, 0.29) is 5.91 Å². The molecule has 0 aromatic rings. The smallest absolute Gasteiger partial charge is 0.220 e. The minimum absolute atomic E-state index is 0.243. The van der Waals surface area contributed by atoms with Crippen LogP contribution in [-0.2, 0) is 4.79 Å². The molecule has 0 bridgehead atoms. The number of carbonyl (C=O) groups excluding carboxylic acids is 1. The maximum atomic E-state index is 12.0. The summed E-state index contributed by atoms with van der Waals surface area (Å²) in [5.74, 6) is 2.07. The lowest BCUT2D eigenvalue weighted by Crippen LogP contribution is -2.36. The Labute approximate surface area is 117 Å². The van der Waals surface area contributed by atoms with Crippen molar-refractivity contribution in [3.8, 4) is 0 Å². The predicted molar refractivity (Wildman–Crippen MR) is 78.9 cm³/mol. The van der Waals surface area contributed by atoms with Gasteiger partial charge in [0.25, 0.3) is 0 Å². The normalized spacial score (nSPS) is 28.9. The molecule has 3 atom stereocenters. The van der Waals surface area contributed by atoms with Crippen molar-refractivity contribution in [1.29, 1.82) is 0 Å². The van der Waals surface area contributed by atoms with Gasteiger partial charge >= 0.3 is 0 Å². The van der Waals surface area contributed by atoms with Crippen LogP contribution in [0.1, 0.15) is 45.4 Å². The van der Waals surface area contributed by atoms with Gasteiger partial charge in [-0.2, -0.15) is 0 Å². The third-order valence-corrected chi connectivity index (χ3v) is 4.61. The summed E-state index contributed by atoms with van der Waals surface area (Å²) in [7, 11) is 0. The summed E-state index contributed by atoms with van der Waals surface area (Å²) in [5.41, 5.74) is 0. The molecule has 1 amide bonds. The molecule has 108 valence electrons. The molecule has 0 aromatic heterocycles. The summed E-state index contributed by atoms with van der Waals surface area (Å²) in [4.78, 5) is 12.0. The van der Waals surface area contributed by atoms with Crippen LogP contribution in [0.25, 0.3) is 0 Å². The van der Waals surface area contributed by atoms with E-state index in [1.54, 1.807) is 0 Å². The molecule has 1 aliphatic carbocycles. The van der Waals surface area contributed by atoms with Crippen molar-refractivity contribution in [2.24, 2.45) is 17.8 Å². The Kier molecular flexibility index (Phi) is 5.90. The fourth-order valence-corrected chi connectivity index (χ4v) is 3.20. The molecular formula is C16H28N2O. The molecule has 0 radical (unpaired) electrons. The van der Waals surface area contributed by atoms with Gasteiger partial charge < -0.3 is 10.6 Å². The number of piperidine rings is 1. The molecule has 2 rings (SSSR count). The Morgan fingerprint density at radius 3 is 3.00 bits per heavy atom. The second kappa shape index (κ2) is 7.68. The first kappa shape index (κ1) is 14.6. The van der Waals surface area contributed by atoms with Gasteiger partial charge in [0.05, 0.1) is 0 Å². The number of hydrogen-bond acceptors (Lipinski definition) is 2. The highest BCUT2D eigenvalue weighted by Crippen LogP contribution is 2.22. The van der Waals surface area contributed by atoms with Crippen LogP contribution in [0, 0.1) is 17.8 Å². The van der Waals surface area contributed by atoms with E-state index in [1.807, 2.05) is 0 Å². The zero-order chi connectivity index (χ0) is 13.5. The lowest BCUT2D eigenvalue weighted by Gasteiger charge is -2.28. The second-order valence-corrected chi connectivity index (χ2v) is 6.24. The van der Waals surface area contributed by atoms with E-state index in [0.29, 0.717) is 24.2 Å². The van der Waals surface area contributed by atoms with Crippen LogP contribution in [-0.4, -0.2) is 25.5 Å². The van der Waals surface area contributed by atoms with Gasteiger partial charge in [-0.05, 0) is 62.9 Å². The van der Waals surface area contributed by atoms with Crippen LogP contribution in [0.5, 0.6) is 0 Å². The van der Waals surface area contributed by atoms with Gasteiger partial charge in [0.2, 0.25) is 5.91 Å². The van der Waals surface area contributed by atoms with E-state index in [0.717, 1.165) is 26.1 Å². The van der Waals surface area contributed by atoms with Crippen molar-refractivity contribution in [1.82, 2.24) is 10.6 Å². The zero-order valence-electron chi connectivity index (χ0n) is 12.2. The molecular weight excluding hydrogens is 236 g/mol. The van der Waals surface area contributed by atoms with Crippen molar-refractivity contribution in [2.75, 3.05) is 19.6 Å². The molecule has 1 aliphatic heterocycles. The van der Waals surface area contributed by atoms with Gasteiger partial charge in [0, 0.05) is 13.0 Å². The highest BCUT2D eigenvalue weighted by molar-refractivity contribution is 5.76. The summed E-state index contributed by atoms with van der Waals surface area (Å²) in [6.45, 7) is 5.31. The Balaban J connectivity index is 1.64. The molecule has 0 spiro atoms. The number of rotatable bonds is 5. The van der Waals surface area contributed by atoms with Gasteiger partial charge in [-0.15, -0.1) is 0 Å². The molecule has 2 N–H and O–H groups in total. The lowest BCUT2D eigenvalue weighted by atomic mass is 9.85. The molecule has 2 aliphatic rings. The van der Waals surface area contributed by atoms with Crippen LogP contribution in [0.3, 0.4) is 0 Å². The molecule has 1 fully saturated rings. The van der Waals surface area contributed by atoms with Crippen LogP contribution >= 0.6 is 0 Å². The van der Waals surface area contributed by atoms with E-state index in [9.17, 15) is 4.79 Å². The first-order chi connectivity index (χ1) is 9.25. The predicted octanol–water partition coefficient (Wildman–Crippen LogP) is 2.48. The van der Waals surface area contributed by atoms with E-state index >= 15 is 0 Å². The summed E-state index contributed by atoms with van der Waals surface area (Å²) in [6.07, 6.45) is 11.2. The van der Waals surface area contributed by atoms with E-state index < -0.39 is 0 Å².